The van der Waals surface area contributed by atoms with Crippen LogP contribution in [0.1, 0.15) is 11.1 Å². The van der Waals surface area contributed by atoms with Gasteiger partial charge in [0, 0.05) is 25.0 Å². The molecule has 1 aromatic heterocycles. The van der Waals surface area contributed by atoms with E-state index in [-0.39, 0.29) is 5.75 Å². The highest BCUT2D eigenvalue weighted by molar-refractivity contribution is 5.82. The van der Waals surface area contributed by atoms with Crippen molar-refractivity contribution in [1.29, 1.82) is 0 Å². The SMILES string of the molecule is CN1CC(c2cccc(O)c2)(c2cccc(-c3cncnc3)c2)N=C1N. The molecule has 0 saturated heterocycles. The van der Waals surface area contributed by atoms with E-state index >= 15 is 0 Å². The summed E-state index contributed by atoms with van der Waals surface area (Å²) in [4.78, 5) is 14.9. The summed E-state index contributed by atoms with van der Waals surface area (Å²) in [5.74, 6) is 0.680. The van der Waals surface area contributed by atoms with Crippen molar-refractivity contribution >= 4 is 5.96 Å². The van der Waals surface area contributed by atoms with Gasteiger partial charge in [0.05, 0.1) is 6.54 Å². The van der Waals surface area contributed by atoms with Crippen molar-refractivity contribution in [2.24, 2.45) is 10.7 Å². The first-order valence-electron chi connectivity index (χ1n) is 8.30. The Morgan fingerprint density at radius 3 is 2.35 bits per heavy atom. The number of aromatic nitrogens is 2. The molecular formula is C20H19N5O. The molecule has 0 radical (unpaired) electrons. The number of aliphatic imine (C=N–C) groups is 1. The Balaban J connectivity index is 1.89. The highest BCUT2D eigenvalue weighted by Gasteiger charge is 2.41. The first-order chi connectivity index (χ1) is 12.6. The summed E-state index contributed by atoms with van der Waals surface area (Å²) >= 11 is 0. The lowest BCUT2D eigenvalue weighted by molar-refractivity contribution is 0.428. The largest absolute Gasteiger partial charge is 0.508 e. The number of benzene rings is 2. The molecule has 0 amide bonds. The molecule has 6 heteroatoms. The molecule has 1 atom stereocenters. The lowest BCUT2D eigenvalue weighted by Crippen LogP contribution is -2.34. The van der Waals surface area contributed by atoms with Crippen LogP contribution in [-0.4, -0.2) is 39.5 Å². The number of phenolic OH excluding ortho intramolecular Hbond substituents is 1. The van der Waals surface area contributed by atoms with Gasteiger partial charge in [-0.05, 0) is 34.9 Å². The van der Waals surface area contributed by atoms with Gasteiger partial charge in [-0.15, -0.1) is 0 Å². The third kappa shape index (κ3) is 2.65. The molecule has 1 unspecified atom stereocenters. The zero-order valence-electron chi connectivity index (χ0n) is 14.4. The predicted octanol–water partition coefficient (Wildman–Crippen LogP) is 2.35. The van der Waals surface area contributed by atoms with Gasteiger partial charge in [-0.1, -0.05) is 30.3 Å². The van der Waals surface area contributed by atoms with Crippen LogP contribution in [0.5, 0.6) is 5.75 Å². The standard InChI is InChI=1S/C20H19N5O/c1-25-12-20(24-19(25)21,17-6-3-7-18(26)9-17)16-5-2-4-14(8-16)15-10-22-13-23-11-15/h2-11,13,26H,12H2,1H3,(H2,21,24). The summed E-state index contributed by atoms with van der Waals surface area (Å²) in [5, 5.41) is 9.99. The summed E-state index contributed by atoms with van der Waals surface area (Å²) in [6.45, 7) is 0.594. The number of nitrogens with zero attached hydrogens (tertiary/aromatic N) is 4. The Hall–Kier alpha value is -3.41. The van der Waals surface area contributed by atoms with Gasteiger partial charge in [0.15, 0.2) is 5.96 Å². The van der Waals surface area contributed by atoms with Gasteiger partial charge < -0.3 is 15.7 Å². The molecule has 3 aromatic rings. The average molecular weight is 345 g/mol. The highest BCUT2D eigenvalue weighted by Crippen LogP contribution is 2.40. The molecule has 130 valence electrons. The molecule has 0 spiro atoms. The fourth-order valence-electron chi connectivity index (χ4n) is 3.39. The van der Waals surface area contributed by atoms with Crippen LogP contribution < -0.4 is 5.73 Å². The summed E-state index contributed by atoms with van der Waals surface area (Å²) in [7, 11) is 1.91. The summed E-state index contributed by atoms with van der Waals surface area (Å²) in [6.07, 6.45) is 5.08. The van der Waals surface area contributed by atoms with Gasteiger partial charge in [-0.3, -0.25) is 0 Å². The molecule has 1 aliphatic rings. The fourth-order valence-corrected chi connectivity index (χ4v) is 3.39. The number of hydrogen-bond acceptors (Lipinski definition) is 6. The molecule has 0 fully saturated rings. The molecule has 2 heterocycles. The van der Waals surface area contributed by atoms with E-state index in [9.17, 15) is 5.11 Å². The van der Waals surface area contributed by atoms with E-state index in [1.54, 1.807) is 24.5 Å². The van der Waals surface area contributed by atoms with Gasteiger partial charge in [0.1, 0.15) is 17.6 Å². The maximum absolute atomic E-state index is 9.99. The molecule has 2 aromatic carbocycles. The van der Waals surface area contributed by atoms with Crippen molar-refractivity contribution in [3.63, 3.8) is 0 Å². The number of guanidine groups is 1. The Bertz CT molecular complexity index is 973. The molecule has 0 saturated carbocycles. The molecule has 1 aliphatic heterocycles. The molecule has 0 bridgehead atoms. The Labute approximate surface area is 151 Å². The monoisotopic (exact) mass is 345 g/mol. The third-order valence-corrected chi connectivity index (χ3v) is 4.72. The fraction of sp³-hybridized carbons (Fsp3) is 0.150. The number of aromatic hydroxyl groups is 1. The minimum absolute atomic E-state index is 0.206. The smallest absolute Gasteiger partial charge is 0.192 e. The number of likely N-dealkylation sites (N-methyl/N-ethyl adjacent to an activating group) is 1. The summed E-state index contributed by atoms with van der Waals surface area (Å²) in [5.41, 5.74) is 9.26. The molecule has 0 aliphatic carbocycles. The Morgan fingerprint density at radius 1 is 1.00 bits per heavy atom. The average Bonchev–Trinajstić information content (AvgIpc) is 2.98. The van der Waals surface area contributed by atoms with Crippen molar-refractivity contribution in [2.45, 2.75) is 5.54 Å². The molecule has 3 N–H and O–H groups in total. The topological polar surface area (TPSA) is 87.6 Å². The quantitative estimate of drug-likeness (QED) is 0.761. The van der Waals surface area contributed by atoms with Crippen molar-refractivity contribution in [3.05, 3.63) is 78.4 Å². The van der Waals surface area contributed by atoms with Gasteiger partial charge >= 0.3 is 0 Å². The molecular weight excluding hydrogens is 326 g/mol. The van der Waals surface area contributed by atoms with Gasteiger partial charge in [-0.25, -0.2) is 15.0 Å². The third-order valence-electron chi connectivity index (χ3n) is 4.72. The molecule has 4 rings (SSSR count). The molecule has 6 nitrogen and oxygen atoms in total. The summed E-state index contributed by atoms with van der Waals surface area (Å²) < 4.78 is 0. The first kappa shape index (κ1) is 16.1. The lowest BCUT2D eigenvalue weighted by atomic mass is 9.82. The highest BCUT2D eigenvalue weighted by atomic mass is 16.3. The van der Waals surface area contributed by atoms with E-state index in [1.165, 1.54) is 6.33 Å². The minimum Gasteiger partial charge on any atom is -0.508 e. The normalized spacial score (nSPS) is 19.4. The van der Waals surface area contributed by atoms with Crippen molar-refractivity contribution in [1.82, 2.24) is 14.9 Å². The van der Waals surface area contributed by atoms with Gasteiger partial charge in [-0.2, -0.15) is 0 Å². The van der Waals surface area contributed by atoms with E-state index in [4.69, 9.17) is 10.7 Å². The number of phenols is 1. The van der Waals surface area contributed by atoms with Crippen LogP contribution in [0.4, 0.5) is 0 Å². The maximum atomic E-state index is 9.99. The zero-order valence-corrected chi connectivity index (χ0v) is 14.4. The van der Waals surface area contributed by atoms with E-state index in [1.807, 2.05) is 42.3 Å². The first-order valence-corrected chi connectivity index (χ1v) is 8.30. The maximum Gasteiger partial charge on any atom is 0.192 e. The number of nitrogens with two attached hydrogens (primary N) is 1. The van der Waals surface area contributed by atoms with E-state index in [2.05, 4.69) is 16.0 Å². The van der Waals surface area contributed by atoms with Crippen molar-refractivity contribution in [2.75, 3.05) is 13.6 Å². The second-order valence-corrected chi connectivity index (χ2v) is 6.44. The van der Waals surface area contributed by atoms with Crippen LogP contribution in [0.3, 0.4) is 0 Å². The van der Waals surface area contributed by atoms with Crippen LogP contribution in [0.2, 0.25) is 0 Å². The predicted molar refractivity (Wildman–Crippen MR) is 101 cm³/mol. The number of rotatable bonds is 3. The van der Waals surface area contributed by atoms with Gasteiger partial charge in [0.25, 0.3) is 0 Å². The molecule has 26 heavy (non-hydrogen) atoms. The Kier molecular flexibility index (Phi) is 3.80. The lowest BCUT2D eigenvalue weighted by Gasteiger charge is -2.28. The van der Waals surface area contributed by atoms with Crippen molar-refractivity contribution in [3.8, 4) is 16.9 Å². The minimum atomic E-state index is -0.677. The van der Waals surface area contributed by atoms with E-state index < -0.39 is 5.54 Å². The zero-order chi connectivity index (χ0) is 18.1. The Morgan fingerprint density at radius 2 is 1.69 bits per heavy atom. The van der Waals surface area contributed by atoms with Gasteiger partial charge in [0.2, 0.25) is 0 Å². The second-order valence-electron chi connectivity index (χ2n) is 6.44. The van der Waals surface area contributed by atoms with Crippen LogP contribution in [0.15, 0.2) is 72.2 Å². The number of hydrogen-bond donors (Lipinski definition) is 2. The van der Waals surface area contributed by atoms with Crippen LogP contribution in [-0.2, 0) is 5.54 Å². The van der Waals surface area contributed by atoms with Crippen LogP contribution in [0, 0.1) is 0 Å². The second kappa shape index (κ2) is 6.15. The van der Waals surface area contributed by atoms with Crippen LogP contribution >= 0.6 is 0 Å². The van der Waals surface area contributed by atoms with E-state index in [0.29, 0.717) is 12.5 Å². The van der Waals surface area contributed by atoms with E-state index in [0.717, 1.165) is 22.3 Å². The van der Waals surface area contributed by atoms with Crippen molar-refractivity contribution < 1.29 is 5.11 Å². The summed E-state index contributed by atoms with van der Waals surface area (Å²) in [6, 6.07) is 15.3. The van der Waals surface area contributed by atoms with Crippen LogP contribution in [0.25, 0.3) is 11.1 Å².